The van der Waals surface area contributed by atoms with Crippen LogP contribution in [0.3, 0.4) is 0 Å². The van der Waals surface area contributed by atoms with Crippen molar-refractivity contribution in [1.29, 1.82) is 0 Å². The van der Waals surface area contributed by atoms with E-state index in [1.54, 1.807) is 36.4 Å². The van der Waals surface area contributed by atoms with Crippen molar-refractivity contribution < 1.29 is 14.0 Å². The maximum Gasteiger partial charge on any atom is 0.243 e. The molecule has 1 unspecified atom stereocenters. The van der Waals surface area contributed by atoms with Gasteiger partial charge in [-0.05, 0) is 41.8 Å². The molecule has 0 fully saturated rings. The summed E-state index contributed by atoms with van der Waals surface area (Å²) in [5.41, 5.74) is 1.90. The number of nitrogens with one attached hydrogen (secondary N) is 1. The summed E-state index contributed by atoms with van der Waals surface area (Å²) in [5, 5.41) is 3.58. The van der Waals surface area contributed by atoms with E-state index in [0.29, 0.717) is 28.6 Å². The topological polar surface area (TPSA) is 49.4 Å². The van der Waals surface area contributed by atoms with Crippen LogP contribution in [0.15, 0.2) is 72.8 Å². The van der Waals surface area contributed by atoms with Crippen LogP contribution >= 0.6 is 23.2 Å². The number of carbonyl (C=O) groups is 2. The third kappa shape index (κ3) is 6.80. The summed E-state index contributed by atoms with van der Waals surface area (Å²) in [6.45, 7) is 2.37. The van der Waals surface area contributed by atoms with Gasteiger partial charge in [0.1, 0.15) is 11.9 Å². The molecule has 172 valence electrons. The Hall–Kier alpha value is -2.89. The quantitative estimate of drug-likeness (QED) is 0.437. The van der Waals surface area contributed by atoms with Crippen molar-refractivity contribution in [3.05, 3.63) is 105 Å². The fourth-order valence-corrected chi connectivity index (χ4v) is 3.91. The van der Waals surface area contributed by atoms with Crippen LogP contribution in [-0.4, -0.2) is 29.3 Å². The van der Waals surface area contributed by atoms with E-state index >= 15 is 0 Å². The number of rotatable bonds is 9. The van der Waals surface area contributed by atoms with Gasteiger partial charge in [-0.2, -0.15) is 0 Å². The molecule has 0 saturated carbocycles. The molecule has 4 nitrogen and oxygen atoms in total. The number of hydrogen-bond acceptors (Lipinski definition) is 2. The van der Waals surface area contributed by atoms with E-state index in [4.69, 9.17) is 23.2 Å². The van der Waals surface area contributed by atoms with E-state index in [-0.39, 0.29) is 30.3 Å². The number of halogens is 3. The molecule has 1 N–H and O–H groups in total. The predicted octanol–water partition coefficient (Wildman–Crippen LogP) is 5.45. The molecule has 33 heavy (non-hydrogen) atoms. The molecule has 0 spiro atoms. The third-order valence-corrected chi connectivity index (χ3v) is 6.00. The molecule has 0 radical (unpaired) electrons. The second-order valence-corrected chi connectivity index (χ2v) is 8.45. The highest BCUT2D eigenvalue weighted by Gasteiger charge is 2.30. The fourth-order valence-electron chi connectivity index (χ4n) is 3.59. The number of amides is 2. The van der Waals surface area contributed by atoms with E-state index in [1.165, 1.54) is 11.0 Å². The first-order chi connectivity index (χ1) is 15.9. The van der Waals surface area contributed by atoms with Gasteiger partial charge < -0.3 is 10.2 Å². The lowest BCUT2D eigenvalue weighted by atomic mass is 10.0. The maximum atomic E-state index is 14.3. The number of likely N-dealkylation sites (N-methyl/N-ethyl adjacent to an activating group) is 1. The van der Waals surface area contributed by atoms with Crippen LogP contribution in [0, 0.1) is 5.82 Å². The van der Waals surface area contributed by atoms with E-state index in [2.05, 4.69) is 5.32 Å². The average molecular weight is 487 g/mol. The van der Waals surface area contributed by atoms with Gasteiger partial charge in [-0.25, -0.2) is 4.39 Å². The molecule has 3 aromatic carbocycles. The van der Waals surface area contributed by atoms with Crippen molar-refractivity contribution >= 4 is 35.0 Å². The van der Waals surface area contributed by atoms with Crippen LogP contribution in [-0.2, 0) is 29.0 Å². The Labute approximate surface area is 203 Å². The molecule has 0 aliphatic rings. The van der Waals surface area contributed by atoms with Gasteiger partial charge in [-0.3, -0.25) is 9.59 Å². The molecular formula is C26H25Cl2FN2O2. The minimum absolute atomic E-state index is 0.124. The molecular weight excluding hydrogens is 462 g/mol. The van der Waals surface area contributed by atoms with Gasteiger partial charge in [-0.15, -0.1) is 0 Å². The van der Waals surface area contributed by atoms with Crippen molar-refractivity contribution in [2.75, 3.05) is 6.54 Å². The monoisotopic (exact) mass is 486 g/mol. The largest absolute Gasteiger partial charge is 0.355 e. The Morgan fingerprint density at radius 1 is 0.939 bits per heavy atom. The van der Waals surface area contributed by atoms with E-state index in [9.17, 15) is 14.0 Å². The summed E-state index contributed by atoms with van der Waals surface area (Å²) in [6, 6.07) is 19.9. The summed E-state index contributed by atoms with van der Waals surface area (Å²) < 4.78 is 14.3. The van der Waals surface area contributed by atoms with Crippen LogP contribution in [0.1, 0.15) is 23.6 Å². The second-order valence-electron chi connectivity index (χ2n) is 7.64. The van der Waals surface area contributed by atoms with Crippen LogP contribution in [0.25, 0.3) is 0 Å². The summed E-state index contributed by atoms with van der Waals surface area (Å²) in [7, 11) is 0. The summed E-state index contributed by atoms with van der Waals surface area (Å²) in [5.74, 6) is -1.10. The van der Waals surface area contributed by atoms with Gasteiger partial charge in [-0.1, -0.05) is 77.8 Å². The molecule has 3 aromatic rings. The Bertz CT molecular complexity index is 1110. The lowest BCUT2D eigenvalue weighted by molar-refractivity contribution is -0.140. The molecule has 0 aliphatic carbocycles. The van der Waals surface area contributed by atoms with E-state index in [0.717, 1.165) is 5.56 Å². The van der Waals surface area contributed by atoms with Crippen molar-refractivity contribution in [1.82, 2.24) is 10.2 Å². The normalized spacial score (nSPS) is 11.6. The maximum absolute atomic E-state index is 14.3. The first-order valence-corrected chi connectivity index (χ1v) is 11.4. The Balaban J connectivity index is 1.98. The Morgan fingerprint density at radius 2 is 1.64 bits per heavy atom. The summed E-state index contributed by atoms with van der Waals surface area (Å²) in [6.07, 6.45) is 0.149. The van der Waals surface area contributed by atoms with Crippen molar-refractivity contribution in [2.24, 2.45) is 0 Å². The van der Waals surface area contributed by atoms with Crippen LogP contribution in [0.4, 0.5) is 4.39 Å². The zero-order chi connectivity index (χ0) is 23.8. The highest BCUT2D eigenvalue weighted by molar-refractivity contribution is 6.42. The number of nitrogens with zero attached hydrogens (tertiary/aromatic N) is 1. The molecule has 2 amide bonds. The molecule has 0 saturated heterocycles. The SMILES string of the molecule is CCNC(=O)C(Cc1ccccc1)N(Cc1ccc(Cl)c(Cl)c1)C(=O)Cc1ccccc1F. The predicted molar refractivity (Wildman–Crippen MR) is 130 cm³/mol. The minimum atomic E-state index is -0.791. The van der Waals surface area contributed by atoms with E-state index < -0.39 is 11.9 Å². The Morgan fingerprint density at radius 3 is 2.30 bits per heavy atom. The van der Waals surface area contributed by atoms with Crippen molar-refractivity contribution in [2.45, 2.75) is 32.4 Å². The van der Waals surface area contributed by atoms with Crippen LogP contribution in [0.5, 0.6) is 0 Å². The Kier molecular flexibility index (Phi) is 8.87. The molecule has 0 aromatic heterocycles. The molecule has 1 atom stereocenters. The summed E-state index contributed by atoms with van der Waals surface area (Å²) in [4.78, 5) is 28.1. The van der Waals surface area contributed by atoms with E-state index in [1.807, 2.05) is 37.3 Å². The average Bonchev–Trinajstić information content (AvgIpc) is 2.80. The highest BCUT2D eigenvalue weighted by atomic mass is 35.5. The van der Waals surface area contributed by atoms with Gasteiger partial charge in [0.25, 0.3) is 0 Å². The van der Waals surface area contributed by atoms with Gasteiger partial charge in [0, 0.05) is 19.5 Å². The molecule has 0 aliphatic heterocycles. The lowest BCUT2D eigenvalue weighted by Gasteiger charge is -2.31. The number of hydrogen-bond donors (Lipinski definition) is 1. The first kappa shape index (κ1) is 24.7. The smallest absolute Gasteiger partial charge is 0.243 e. The third-order valence-electron chi connectivity index (χ3n) is 5.26. The molecule has 0 heterocycles. The second kappa shape index (κ2) is 11.8. The van der Waals surface area contributed by atoms with Crippen molar-refractivity contribution in [3.8, 4) is 0 Å². The molecule has 7 heteroatoms. The zero-order valence-corrected chi connectivity index (χ0v) is 19.7. The number of carbonyl (C=O) groups excluding carboxylic acids is 2. The fraction of sp³-hybridized carbons (Fsp3) is 0.231. The van der Waals surface area contributed by atoms with Gasteiger partial charge in [0.2, 0.25) is 11.8 Å². The molecule has 3 rings (SSSR count). The van der Waals surface area contributed by atoms with Crippen molar-refractivity contribution in [3.63, 3.8) is 0 Å². The van der Waals surface area contributed by atoms with Gasteiger partial charge in [0.05, 0.1) is 16.5 Å². The minimum Gasteiger partial charge on any atom is -0.355 e. The first-order valence-electron chi connectivity index (χ1n) is 10.7. The lowest BCUT2D eigenvalue weighted by Crippen LogP contribution is -2.51. The van der Waals surface area contributed by atoms with Gasteiger partial charge in [0.15, 0.2) is 0 Å². The van der Waals surface area contributed by atoms with Crippen LogP contribution < -0.4 is 5.32 Å². The highest BCUT2D eigenvalue weighted by Crippen LogP contribution is 2.25. The zero-order valence-electron chi connectivity index (χ0n) is 18.2. The summed E-state index contributed by atoms with van der Waals surface area (Å²) >= 11 is 12.2. The number of benzene rings is 3. The van der Waals surface area contributed by atoms with Crippen LogP contribution in [0.2, 0.25) is 10.0 Å². The van der Waals surface area contributed by atoms with Gasteiger partial charge >= 0.3 is 0 Å². The standard InChI is InChI=1S/C26H25Cl2FN2O2/c1-2-30-26(33)24(15-18-8-4-3-5-9-18)31(17-19-12-13-21(27)22(28)14-19)25(32)16-20-10-6-7-11-23(20)29/h3-14,24H,2,15-17H2,1H3,(H,30,33). The molecule has 0 bridgehead atoms.